The molecule has 0 saturated heterocycles. The van der Waals surface area contributed by atoms with E-state index in [2.05, 4.69) is 10.2 Å². The number of hydrogen-bond acceptors (Lipinski definition) is 6. The molecule has 0 spiro atoms. The third kappa shape index (κ3) is 3.06. The van der Waals surface area contributed by atoms with Gasteiger partial charge in [-0.15, -0.1) is 10.2 Å². The normalized spacial score (nSPS) is 10.2. The molecule has 6 heteroatoms. The minimum absolute atomic E-state index is 0.0128. The number of phenols is 2. The summed E-state index contributed by atoms with van der Waals surface area (Å²) in [6.45, 7) is 0. The largest absolute Gasteiger partial charge is 0.504 e. The first-order valence-corrected chi connectivity index (χ1v) is 6.48. The van der Waals surface area contributed by atoms with E-state index in [4.69, 9.17) is 9.47 Å². The number of aromatic hydroxyl groups is 2. The van der Waals surface area contributed by atoms with E-state index < -0.39 is 0 Å². The van der Waals surface area contributed by atoms with Crippen molar-refractivity contribution in [2.45, 2.75) is 0 Å². The Hall–Kier alpha value is -3.28. The zero-order valence-corrected chi connectivity index (χ0v) is 11.4. The maximum Gasteiger partial charge on any atom is 0.239 e. The molecule has 0 aliphatic carbocycles. The zero-order valence-electron chi connectivity index (χ0n) is 11.4. The van der Waals surface area contributed by atoms with Crippen molar-refractivity contribution in [3.8, 4) is 34.8 Å². The summed E-state index contributed by atoms with van der Waals surface area (Å²) in [5.74, 6) is 1.02. The molecule has 0 bridgehead atoms. The lowest BCUT2D eigenvalue weighted by Crippen LogP contribution is -1.93. The van der Waals surface area contributed by atoms with Crippen LogP contribution < -0.4 is 9.47 Å². The molecule has 1 aromatic heterocycles. The fourth-order valence-electron chi connectivity index (χ4n) is 1.73. The lowest BCUT2D eigenvalue weighted by atomic mass is 10.3. The fourth-order valence-corrected chi connectivity index (χ4v) is 1.73. The van der Waals surface area contributed by atoms with E-state index in [1.807, 2.05) is 0 Å². The minimum atomic E-state index is 0.0128. The molecule has 2 N–H and O–H groups in total. The van der Waals surface area contributed by atoms with Crippen LogP contribution in [0.3, 0.4) is 0 Å². The molecular formula is C16H12N2O4. The first-order valence-electron chi connectivity index (χ1n) is 6.48. The Kier molecular flexibility index (Phi) is 3.74. The number of para-hydroxylation sites is 4. The van der Waals surface area contributed by atoms with Crippen LogP contribution in [0.25, 0.3) is 0 Å². The lowest BCUT2D eigenvalue weighted by Gasteiger charge is -2.07. The summed E-state index contributed by atoms with van der Waals surface area (Å²) in [6, 6.07) is 16.2. The van der Waals surface area contributed by atoms with E-state index in [9.17, 15) is 10.2 Å². The van der Waals surface area contributed by atoms with Crippen LogP contribution in [0.5, 0.6) is 34.8 Å². The van der Waals surface area contributed by atoms with Crippen LogP contribution >= 0.6 is 0 Å². The molecule has 0 atom stereocenters. The zero-order chi connectivity index (χ0) is 15.4. The lowest BCUT2D eigenvalue weighted by molar-refractivity contribution is 0.384. The molecule has 6 nitrogen and oxygen atoms in total. The Morgan fingerprint density at radius 1 is 0.591 bits per heavy atom. The molecule has 3 aromatic rings. The molecule has 22 heavy (non-hydrogen) atoms. The van der Waals surface area contributed by atoms with Crippen LogP contribution in [0.2, 0.25) is 0 Å². The van der Waals surface area contributed by atoms with Crippen molar-refractivity contribution in [3.05, 3.63) is 60.7 Å². The number of phenolic OH excluding ortho intramolecular Hbond substituents is 2. The van der Waals surface area contributed by atoms with Gasteiger partial charge in [0.15, 0.2) is 23.0 Å². The fraction of sp³-hybridized carbons (Fsp3) is 0. The van der Waals surface area contributed by atoms with Crippen LogP contribution in [0.1, 0.15) is 0 Å². The summed E-state index contributed by atoms with van der Waals surface area (Å²) in [5, 5.41) is 27.0. The maximum absolute atomic E-state index is 9.63. The smallest absolute Gasteiger partial charge is 0.239 e. The van der Waals surface area contributed by atoms with Gasteiger partial charge >= 0.3 is 0 Å². The van der Waals surface area contributed by atoms with Gasteiger partial charge in [-0.05, 0) is 24.3 Å². The van der Waals surface area contributed by atoms with E-state index in [-0.39, 0.29) is 34.8 Å². The predicted octanol–water partition coefficient (Wildman–Crippen LogP) is 3.47. The monoisotopic (exact) mass is 296 g/mol. The van der Waals surface area contributed by atoms with Crippen molar-refractivity contribution >= 4 is 0 Å². The highest BCUT2D eigenvalue weighted by Gasteiger charge is 2.07. The summed E-state index contributed by atoms with van der Waals surface area (Å²) in [5.41, 5.74) is 0. The van der Waals surface area contributed by atoms with Crippen LogP contribution in [0.15, 0.2) is 60.7 Å². The Bertz CT molecular complexity index is 709. The van der Waals surface area contributed by atoms with Gasteiger partial charge in [-0.3, -0.25) is 0 Å². The van der Waals surface area contributed by atoms with Crippen LogP contribution in [-0.4, -0.2) is 20.4 Å². The Morgan fingerprint density at radius 3 is 1.36 bits per heavy atom. The summed E-state index contributed by atoms with van der Waals surface area (Å²) in [7, 11) is 0. The molecule has 0 saturated carbocycles. The maximum atomic E-state index is 9.63. The van der Waals surface area contributed by atoms with Crippen LogP contribution in [0, 0.1) is 0 Å². The first kappa shape index (κ1) is 13.7. The molecule has 0 fully saturated rings. The highest BCUT2D eigenvalue weighted by atomic mass is 16.5. The summed E-state index contributed by atoms with van der Waals surface area (Å²) < 4.78 is 10.8. The molecule has 0 aliphatic heterocycles. The van der Waals surface area contributed by atoms with Gasteiger partial charge in [0.05, 0.1) is 0 Å². The number of benzene rings is 2. The van der Waals surface area contributed by atoms with E-state index in [1.54, 1.807) is 48.5 Å². The molecule has 2 aromatic carbocycles. The second kappa shape index (κ2) is 6.01. The minimum Gasteiger partial charge on any atom is -0.504 e. The number of hydrogen-bond donors (Lipinski definition) is 2. The first-order chi connectivity index (χ1) is 10.7. The molecule has 0 amide bonds. The predicted molar refractivity (Wildman–Crippen MR) is 78.4 cm³/mol. The van der Waals surface area contributed by atoms with Gasteiger partial charge in [0, 0.05) is 12.1 Å². The highest BCUT2D eigenvalue weighted by molar-refractivity contribution is 5.41. The van der Waals surface area contributed by atoms with Gasteiger partial charge in [0.1, 0.15) is 0 Å². The van der Waals surface area contributed by atoms with Crippen LogP contribution in [0.4, 0.5) is 0 Å². The molecule has 0 unspecified atom stereocenters. The van der Waals surface area contributed by atoms with E-state index in [0.717, 1.165) is 0 Å². The topological polar surface area (TPSA) is 84.7 Å². The average Bonchev–Trinajstić information content (AvgIpc) is 2.54. The van der Waals surface area contributed by atoms with Crippen LogP contribution in [-0.2, 0) is 0 Å². The Morgan fingerprint density at radius 2 is 1.00 bits per heavy atom. The quantitative estimate of drug-likeness (QED) is 0.766. The standard InChI is InChI=1S/C16H12N2O4/c19-11-5-1-3-7-13(11)21-15-9-10-16(18-17-15)22-14-8-4-2-6-12(14)20/h1-10,19-20H. The van der Waals surface area contributed by atoms with E-state index >= 15 is 0 Å². The van der Waals surface area contributed by atoms with Crippen molar-refractivity contribution in [3.63, 3.8) is 0 Å². The molecule has 1 heterocycles. The van der Waals surface area contributed by atoms with Gasteiger partial charge in [-0.1, -0.05) is 24.3 Å². The number of ether oxygens (including phenoxy) is 2. The van der Waals surface area contributed by atoms with Gasteiger partial charge < -0.3 is 19.7 Å². The molecule has 3 rings (SSSR count). The summed E-state index contributed by atoms with van der Waals surface area (Å²) in [4.78, 5) is 0. The van der Waals surface area contributed by atoms with Gasteiger partial charge in [0.25, 0.3) is 0 Å². The van der Waals surface area contributed by atoms with Crippen molar-refractivity contribution in [1.82, 2.24) is 10.2 Å². The van der Waals surface area contributed by atoms with Crippen molar-refractivity contribution in [2.24, 2.45) is 0 Å². The number of rotatable bonds is 4. The van der Waals surface area contributed by atoms with Gasteiger partial charge in [0.2, 0.25) is 11.8 Å². The third-order valence-corrected chi connectivity index (χ3v) is 2.78. The summed E-state index contributed by atoms with van der Waals surface area (Å²) >= 11 is 0. The van der Waals surface area contributed by atoms with E-state index in [1.165, 1.54) is 12.1 Å². The highest BCUT2D eigenvalue weighted by Crippen LogP contribution is 2.31. The summed E-state index contributed by atoms with van der Waals surface area (Å²) in [6.07, 6.45) is 0. The molecule has 0 aliphatic rings. The average molecular weight is 296 g/mol. The Balaban J connectivity index is 1.73. The SMILES string of the molecule is Oc1ccccc1Oc1ccc(Oc2ccccc2O)nn1. The van der Waals surface area contributed by atoms with Crippen molar-refractivity contribution in [1.29, 1.82) is 0 Å². The number of nitrogens with zero attached hydrogens (tertiary/aromatic N) is 2. The second-order valence-corrected chi connectivity index (χ2v) is 4.35. The van der Waals surface area contributed by atoms with Crippen molar-refractivity contribution in [2.75, 3.05) is 0 Å². The molecule has 0 radical (unpaired) electrons. The van der Waals surface area contributed by atoms with Gasteiger partial charge in [-0.2, -0.15) is 0 Å². The van der Waals surface area contributed by atoms with Crippen molar-refractivity contribution < 1.29 is 19.7 Å². The Labute approximate surface area is 126 Å². The third-order valence-electron chi connectivity index (χ3n) is 2.78. The second-order valence-electron chi connectivity index (χ2n) is 4.35. The molecular weight excluding hydrogens is 284 g/mol. The van der Waals surface area contributed by atoms with Gasteiger partial charge in [-0.25, -0.2) is 0 Å². The van der Waals surface area contributed by atoms with E-state index in [0.29, 0.717) is 0 Å². The molecule has 110 valence electrons. The number of aromatic nitrogens is 2.